The van der Waals surface area contributed by atoms with Crippen molar-refractivity contribution < 1.29 is 9.84 Å². The first-order valence-corrected chi connectivity index (χ1v) is 9.18. The molecule has 2 heterocycles. The summed E-state index contributed by atoms with van der Waals surface area (Å²) in [5, 5.41) is 10.6. The number of likely N-dealkylation sites (tertiary alicyclic amines) is 1. The van der Waals surface area contributed by atoms with Crippen LogP contribution in [0, 0.1) is 5.92 Å². The van der Waals surface area contributed by atoms with Gasteiger partial charge in [-0.2, -0.15) is 0 Å². The number of nitrogens with zero attached hydrogens (tertiary/aromatic N) is 3. The highest BCUT2D eigenvalue weighted by molar-refractivity contribution is 5.33. The quantitative estimate of drug-likeness (QED) is 0.840. The molecule has 1 aliphatic rings. The molecular formula is C20H29N3O2. The van der Waals surface area contributed by atoms with Gasteiger partial charge in [0.2, 0.25) is 0 Å². The number of ether oxygens (including phenoxy) is 1. The van der Waals surface area contributed by atoms with E-state index in [1.165, 1.54) is 5.56 Å². The molecule has 0 saturated carbocycles. The van der Waals surface area contributed by atoms with Crippen LogP contribution in [0.2, 0.25) is 0 Å². The average Bonchev–Trinajstić information content (AvgIpc) is 3.08. The molecule has 0 bridgehead atoms. The van der Waals surface area contributed by atoms with Crippen molar-refractivity contribution in [1.82, 2.24) is 14.5 Å². The Labute approximate surface area is 150 Å². The third-order valence-electron chi connectivity index (χ3n) is 5.31. The molecule has 5 nitrogen and oxygen atoms in total. The maximum atomic E-state index is 10.6. The molecule has 0 amide bonds. The minimum Gasteiger partial charge on any atom is -0.496 e. The molecule has 25 heavy (non-hydrogen) atoms. The Hall–Kier alpha value is -1.85. The van der Waals surface area contributed by atoms with Gasteiger partial charge in [-0.3, -0.25) is 0 Å². The van der Waals surface area contributed by atoms with E-state index < -0.39 is 6.10 Å². The van der Waals surface area contributed by atoms with E-state index >= 15 is 0 Å². The molecule has 1 aliphatic heterocycles. The van der Waals surface area contributed by atoms with E-state index in [0.717, 1.165) is 56.9 Å². The largest absolute Gasteiger partial charge is 0.496 e. The van der Waals surface area contributed by atoms with Gasteiger partial charge in [0.25, 0.3) is 0 Å². The average molecular weight is 343 g/mol. The van der Waals surface area contributed by atoms with Gasteiger partial charge < -0.3 is 19.3 Å². The number of rotatable bonds is 7. The fraction of sp³-hybridized carbons (Fsp3) is 0.550. The summed E-state index contributed by atoms with van der Waals surface area (Å²) in [6.07, 6.45) is 7.44. The molecule has 0 spiro atoms. The van der Waals surface area contributed by atoms with Gasteiger partial charge in [0.05, 0.1) is 7.11 Å². The molecule has 1 saturated heterocycles. The Morgan fingerprint density at radius 3 is 2.72 bits per heavy atom. The summed E-state index contributed by atoms with van der Waals surface area (Å²) in [5.74, 6) is 2.08. The summed E-state index contributed by atoms with van der Waals surface area (Å²) in [6.45, 7) is 3.21. The minimum atomic E-state index is -0.448. The summed E-state index contributed by atoms with van der Waals surface area (Å²) in [7, 11) is 3.68. The normalized spacial score (nSPS) is 17.6. The Bertz CT molecular complexity index is 662. The molecule has 0 aliphatic carbocycles. The molecule has 1 unspecified atom stereocenters. The van der Waals surface area contributed by atoms with Gasteiger partial charge in [-0.15, -0.1) is 0 Å². The summed E-state index contributed by atoms with van der Waals surface area (Å²) in [4.78, 5) is 6.81. The first-order chi connectivity index (χ1) is 12.2. The molecule has 3 rings (SSSR count). The van der Waals surface area contributed by atoms with Crippen LogP contribution < -0.4 is 4.74 Å². The summed E-state index contributed by atoms with van der Waals surface area (Å²) < 4.78 is 7.34. The smallest absolute Gasteiger partial charge is 0.137 e. The van der Waals surface area contributed by atoms with Crippen LogP contribution in [0.4, 0.5) is 0 Å². The molecule has 1 fully saturated rings. The van der Waals surface area contributed by atoms with Crippen LogP contribution in [0.25, 0.3) is 0 Å². The van der Waals surface area contributed by atoms with Crippen LogP contribution >= 0.6 is 0 Å². The molecule has 1 aromatic heterocycles. The lowest BCUT2D eigenvalue weighted by atomic mass is 9.90. The molecule has 2 aromatic rings. The monoisotopic (exact) mass is 343 g/mol. The number of hydrogen-bond donors (Lipinski definition) is 1. The zero-order valence-corrected chi connectivity index (χ0v) is 15.3. The van der Waals surface area contributed by atoms with Crippen LogP contribution in [0.5, 0.6) is 5.75 Å². The summed E-state index contributed by atoms with van der Waals surface area (Å²) in [6, 6.07) is 8.26. The van der Waals surface area contributed by atoms with Crippen LogP contribution in [0.1, 0.15) is 36.8 Å². The molecule has 1 aromatic carbocycles. The number of aryl methyl sites for hydroxylation is 2. The summed E-state index contributed by atoms with van der Waals surface area (Å²) in [5.41, 5.74) is 1.28. The summed E-state index contributed by atoms with van der Waals surface area (Å²) >= 11 is 0. The number of hydrogen-bond acceptors (Lipinski definition) is 4. The van der Waals surface area contributed by atoms with E-state index in [9.17, 15) is 5.11 Å². The zero-order valence-electron chi connectivity index (χ0n) is 15.3. The van der Waals surface area contributed by atoms with E-state index in [1.807, 2.05) is 29.9 Å². The lowest BCUT2D eigenvalue weighted by Gasteiger charge is -2.34. The number of imidazole rings is 1. The second-order valence-electron chi connectivity index (χ2n) is 6.94. The topological polar surface area (TPSA) is 50.5 Å². The van der Waals surface area contributed by atoms with Crippen molar-refractivity contribution >= 4 is 0 Å². The fourth-order valence-corrected chi connectivity index (χ4v) is 3.77. The van der Waals surface area contributed by atoms with Crippen LogP contribution in [-0.4, -0.2) is 46.3 Å². The van der Waals surface area contributed by atoms with Crippen molar-refractivity contribution in [3.63, 3.8) is 0 Å². The molecule has 136 valence electrons. The number of para-hydroxylation sites is 1. The van der Waals surface area contributed by atoms with E-state index in [0.29, 0.717) is 5.92 Å². The SMILES string of the molecule is COc1ccccc1CCCN1CCC(C(O)c2nccn2C)CC1. The molecule has 0 radical (unpaired) electrons. The van der Waals surface area contributed by atoms with Gasteiger partial charge in [0, 0.05) is 19.4 Å². The first kappa shape index (κ1) is 18.0. The lowest BCUT2D eigenvalue weighted by Crippen LogP contribution is -2.36. The minimum absolute atomic E-state index is 0.312. The van der Waals surface area contributed by atoms with Gasteiger partial charge >= 0.3 is 0 Å². The van der Waals surface area contributed by atoms with Crippen LogP contribution in [0.15, 0.2) is 36.7 Å². The maximum Gasteiger partial charge on any atom is 0.137 e. The van der Waals surface area contributed by atoms with Crippen molar-refractivity contribution in [3.05, 3.63) is 48.0 Å². The number of aliphatic hydroxyl groups is 1. The number of methoxy groups -OCH3 is 1. The van der Waals surface area contributed by atoms with Gasteiger partial charge in [-0.25, -0.2) is 4.98 Å². The molecule has 1 N–H and O–H groups in total. The standard InChI is InChI=1S/C20H29N3O2/c1-22-15-11-21-20(22)19(24)17-9-13-23(14-10-17)12-5-7-16-6-3-4-8-18(16)25-2/h3-4,6,8,11,15,17,19,24H,5,7,9-10,12-14H2,1-2H3. The van der Waals surface area contributed by atoms with Gasteiger partial charge in [0.1, 0.15) is 17.7 Å². The Kier molecular flexibility index (Phi) is 6.10. The van der Waals surface area contributed by atoms with Crippen molar-refractivity contribution in [2.24, 2.45) is 13.0 Å². The van der Waals surface area contributed by atoms with Crippen molar-refractivity contribution in [2.45, 2.75) is 31.8 Å². The third kappa shape index (κ3) is 4.41. The van der Waals surface area contributed by atoms with Crippen molar-refractivity contribution in [2.75, 3.05) is 26.7 Å². The van der Waals surface area contributed by atoms with E-state index in [4.69, 9.17) is 4.74 Å². The molecular weight excluding hydrogens is 314 g/mol. The second-order valence-corrected chi connectivity index (χ2v) is 6.94. The second kappa shape index (κ2) is 8.50. The zero-order chi connectivity index (χ0) is 17.6. The highest BCUT2D eigenvalue weighted by atomic mass is 16.5. The first-order valence-electron chi connectivity index (χ1n) is 9.18. The maximum absolute atomic E-state index is 10.6. The third-order valence-corrected chi connectivity index (χ3v) is 5.31. The predicted molar refractivity (Wildman–Crippen MR) is 98.6 cm³/mol. The van der Waals surface area contributed by atoms with Gasteiger partial charge in [-0.1, -0.05) is 18.2 Å². The predicted octanol–water partition coefficient (Wildman–Crippen LogP) is 2.81. The number of aliphatic hydroxyl groups excluding tert-OH is 1. The molecule has 1 atom stereocenters. The van der Waals surface area contributed by atoms with Gasteiger partial charge in [-0.05, 0) is 62.9 Å². The van der Waals surface area contributed by atoms with E-state index in [-0.39, 0.29) is 0 Å². The highest BCUT2D eigenvalue weighted by Gasteiger charge is 2.28. The van der Waals surface area contributed by atoms with Crippen LogP contribution in [-0.2, 0) is 13.5 Å². The van der Waals surface area contributed by atoms with E-state index in [1.54, 1.807) is 13.3 Å². The van der Waals surface area contributed by atoms with Crippen LogP contribution in [0.3, 0.4) is 0 Å². The Morgan fingerprint density at radius 1 is 1.28 bits per heavy atom. The Morgan fingerprint density at radius 2 is 2.04 bits per heavy atom. The van der Waals surface area contributed by atoms with Crippen molar-refractivity contribution in [1.29, 1.82) is 0 Å². The Balaban J connectivity index is 1.43. The molecule has 5 heteroatoms. The highest BCUT2D eigenvalue weighted by Crippen LogP contribution is 2.29. The van der Waals surface area contributed by atoms with Gasteiger partial charge in [0.15, 0.2) is 0 Å². The fourth-order valence-electron chi connectivity index (χ4n) is 3.77. The van der Waals surface area contributed by atoms with Crippen molar-refractivity contribution in [3.8, 4) is 5.75 Å². The van der Waals surface area contributed by atoms with E-state index in [2.05, 4.69) is 22.0 Å². The lowest BCUT2D eigenvalue weighted by molar-refractivity contribution is 0.0509. The number of benzene rings is 1. The number of aromatic nitrogens is 2. The number of piperidine rings is 1.